The first-order valence-electron chi connectivity index (χ1n) is 4.46. The minimum atomic E-state index is -4.46. The van der Waals surface area contributed by atoms with Crippen molar-refractivity contribution in [2.45, 2.75) is 12.2 Å². The maximum Gasteiger partial charge on any atom is 0.418 e. The molecule has 2 nitrogen and oxygen atoms in total. The largest absolute Gasteiger partial charge is 0.418 e. The van der Waals surface area contributed by atoms with Crippen LogP contribution in [-0.2, 0) is 6.18 Å². The van der Waals surface area contributed by atoms with Crippen LogP contribution in [0.2, 0.25) is 5.02 Å². The second-order valence-corrected chi connectivity index (χ2v) is 3.89. The molecule has 0 spiro atoms. The third-order valence-corrected chi connectivity index (χ3v) is 2.57. The first-order chi connectivity index (χ1) is 7.43. The fraction of sp³-hybridized carbons (Fsp3) is 0.300. The highest BCUT2D eigenvalue weighted by molar-refractivity contribution is 6.30. The summed E-state index contributed by atoms with van der Waals surface area (Å²) in [5.41, 5.74) is -0.777. The molecule has 0 aromatic heterocycles. The van der Waals surface area contributed by atoms with Gasteiger partial charge in [-0.2, -0.15) is 18.4 Å². The predicted molar refractivity (Wildman–Crippen MR) is 53.2 cm³/mol. The highest BCUT2D eigenvalue weighted by Crippen LogP contribution is 2.41. The van der Waals surface area contributed by atoms with Gasteiger partial charge in [0.15, 0.2) is 0 Å². The monoisotopic (exact) mass is 246 g/mol. The number of nitrogens with zero attached hydrogens (tertiary/aromatic N) is 2. The lowest BCUT2D eigenvalue weighted by molar-refractivity contribution is -0.137. The van der Waals surface area contributed by atoms with Gasteiger partial charge in [-0.1, -0.05) is 11.6 Å². The molecular formula is C10H6ClF3N2. The summed E-state index contributed by atoms with van der Waals surface area (Å²) in [6.45, 7) is 0.335. The second-order valence-electron chi connectivity index (χ2n) is 3.46. The predicted octanol–water partition coefficient (Wildman–Crippen LogP) is 3.07. The Morgan fingerprint density at radius 2 is 2.12 bits per heavy atom. The van der Waals surface area contributed by atoms with Gasteiger partial charge in [-0.15, -0.1) is 0 Å². The highest BCUT2D eigenvalue weighted by Gasteiger charge is 2.41. The second kappa shape index (κ2) is 3.56. The van der Waals surface area contributed by atoms with Gasteiger partial charge in [-0.25, -0.2) is 0 Å². The van der Waals surface area contributed by atoms with E-state index in [0.29, 0.717) is 6.54 Å². The number of halogens is 4. The Kier molecular flexibility index (Phi) is 2.47. The van der Waals surface area contributed by atoms with Crippen LogP contribution in [0.15, 0.2) is 18.2 Å². The van der Waals surface area contributed by atoms with Gasteiger partial charge in [0.25, 0.3) is 0 Å². The Bertz CT molecular complexity index is 464. The van der Waals surface area contributed by atoms with Crippen molar-refractivity contribution in [2.24, 2.45) is 0 Å². The van der Waals surface area contributed by atoms with E-state index in [9.17, 15) is 13.2 Å². The third kappa shape index (κ3) is 1.93. The van der Waals surface area contributed by atoms with Crippen LogP contribution in [0, 0.1) is 11.3 Å². The fourth-order valence-electron chi connectivity index (χ4n) is 1.50. The number of nitriles is 1. The summed E-state index contributed by atoms with van der Waals surface area (Å²) in [5, 5.41) is 8.62. The van der Waals surface area contributed by atoms with E-state index < -0.39 is 17.8 Å². The first-order valence-corrected chi connectivity index (χ1v) is 4.84. The molecule has 1 aliphatic rings. The van der Waals surface area contributed by atoms with Crippen molar-refractivity contribution in [1.29, 1.82) is 5.26 Å². The van der Waals surface area contributed by atoms with Crippen LogP contribution in [0.3, 0.4) is 0 Å². The Morgan fingerprint density at radius 3 is 2.62 bits per heavy atom. The Hall–Kier alpha value is -1.41. The average molecular weight is 247 g/mol. The summed E-state index contributed by atoms with van der Waals surface area (Å²) in [4.78, 5) is 1.39. The van der Waals surface area contributed by atoms with E-state index in [0.717, 1.165) is 6.07 Å². The SMILES string of the molecule is N#CC1CN1c1ccc(Cl)cc1C(F)(F)F. The zero-order valence-corrected chi connectivity index (χ0v) is 8.68. The van der Waals surface area contributed by atoms with E-state index in [2.05, 4.69) is 0 Å². The van der Waals surface area contributed by atoms with Crippen LogP contribution in [0.4, 0.5) is 18.9 Å². The van der Waals surface area contributed by atoms with Crippen molar-refractivity contribution >= 4 is 17.3 Å². The number of anilines is 1. The van der Waals surface area contributed by atoms with Crippen LogP contribution in [0.5, 0.6) is 0 Å². The summed E-state index contributed by atoms with van der Waals surface area (Å²) >= 11 is 5.53. The zero-order valence-electron chi connectivity index (χ0n) is 7.92. The standard InChI is InChI=1S/C10H6ClF3N2/c11-6-1-2-9(16-5-7(16)4-15)8(3-6)10(12,13)14/h1-3,7H,5H2. The molecule has 1 aliphatic heterocycles. The molecule has 0 radical (unpaired) electrons. The fourth-order valence-corrected chi connectivity index (χ4v) is 1.67. The van der Waals surface area contributed by atoms with Crippen LogP contribution in [-0.4, -0.2) is 12.6 Å². The summed E-state index contributed by atoms with van der Waals surface area (Å²) in [6, 6.07) is 5.01. The van der Waals surface area contributed by atoms with Crippen molar-refractivity contribution in [2.75, 3.05) is 11.4 Å². The van der Waals surface area contributed by atoms with Gasteiger partial charge in [0, 0.05) is 5.02 Å². The molecule has 1 saturated heterocycles. The van der Waals surface area contributed by atoms with E-state index in [4.69, 9.17) is 16.9 Å². The molecule has 16 heavy (non-hydrogen) atoms. The van der Waals surface area contributed by atoms with E-state index >= 15 is 0 Å². The molecule has 84 valence electrons. The summed E-state index contributed by atoms with van der Waals surface area (Å²) in [7, 11) is 0. The average Bonchev–Trinajstić information content (AvgIpc) is 2.95. The van der Waals surface area contributed by atoms with E-state index in [-0.39, 0.29) is 10.7 Å². The topological polar surface area (TPSA) is 26.8 Å². The number of hydrogen-bond acceptors (Lipinski definition) is 2. The molecule has 0 N–H and O–H groups in total. The van der Waals surface area contributed by atoms with Gasteiger partial charge in [0.05, 0.1) is 23.9 Å². The number of alkyl halides is 3. The van der Waals surface area contributed by atoms with E-state index in [1.807, 2.05) is 6.07 Å². The van der Waals surface area contributed by atoms with Gasteiger partial charge in [-0.05, 0) is 18.2 Å². The summed E-state index contributed by atoms with van der Waals surface area (Å²) in [6.07, 6.45) is -4.46. The highest BCUT2D eigenvalue weighted by atomic mass is 35.5. The molecule has 1 aromatic carbocycles. The zero-order chi connectivity index (χ0) is 11.9. The van der Waals surface area contributed by atoms with Crippen molar-refractivity contribution in [3.8, 4) is 6.07 Å². The van der Waals surface area contributed by atoms with Gasteiger partial charge in [-0.3, -0.25) is 0 Å². The molecule has 6 heteroatoms. The number of benzene rings is 1. The lowest BCUT2D eigenvalue weighted by Crippen LogP contribution is -2.10. The lowest BCUT2D eigenvalue weighted by Gasteiger charge is -2.14. The van der Waals surface area contributed by atoms with Crippen molar-refractivity contribution in [3.05, 3.63) is 28.8 Å². The molecule has 1 atom stereocenters. The lowest BCUT2D eigenvalue weighted by atomic mass is 10.1. The summed E-state index contributed by atoms with van der Waals surface area (Å²) in [5.74, 6) is 0. The molecule has 0 bridgehead atoms. The van der Waals surface area contributed by atoms with E-state index in [1.165, 1.54) is 17.0 Å². The molecule has 0 amide bonds. The van der Waals surface area contributed by atoms with Crippen molar-refractivity contribution < 1.29 is 13.2 Å². The van der Waals surface area contributed by atoms with Crippen LogP contribution in [0.25, 0.3) is 0 Å². The molecule has 0 saturated carbocycles. The minimum Gasteiger partial charge on any atom is -0.351 e. The molecule has 1 aromatic rings. The van der Waals surface area contributed by atoms with Crippen molar-refractivity contribution in [3.63, 3.8) is 0 Å². The molecule has 1 fully saturated rings. The molecule has 2 rings (SSSR count). The number of rotatable bonds is 1. The van der Waals surface area contributed by atoms with Crippen molar-refractivity contribution in [1.82, 2.24) is 0 Å². The maximum absolute atomic E-state index is 12.7. The first kappa shape index (κ1) is 11.1. The molecule has 0 aliphatic carbocycles. The van der Waals surface area contributed by atoms with Crippen LogP contribution >= 0.6 is 11.6 Å². The number of hydrogen-bond donors (Lipinski definition) is 0. The van der Waals surface area contributed by atoms with Crippen LogP contribution < -0.4 is 4.90 Å². The van der Waals surface area contributed by atoms with Gasteiger partial charge >= 0.3 is 6.18 Å². The Morgan fingerprint density at radius 1 is 1.44 bits per heavy atom. The molecule has 1 unspecified atom stereocenters. The minimum absolute atomic E-state index is 0.0171. The van der Waals surface area contributed by atoms with Crippen LogP contribution in [0.1, 0.15) is 5.56 Å². The smallest absolute Gasteiger partial charge is 0.351 e. The van der Waals surface area contributed by atoms with E-state index in [1.54, 1.807) is 0 Å². The third-order valence-electron chi connectivity index (χ3n) is 2.33. The normalized spacial score (nSPS) is 19.4. The van der Waals surface area contributed by atoms with Gasteiger partial charge < -0.3 is 4.90 Å². The van der Waals surface area contributed by atoms with Gasteiger partial charge in [0.2, 0.25) is 0 Å². The molecule has 1 heterocycles. The Labute approximate surface area is 94.8 Å². The Balaban J connectivity index is 2.43. The van der Waals surface area contributed by atoms with Gasteiger partial charge in [0.1, 0.15) is 6.04 Å². The quantitative estimate of drug-likeness (QED) is 0.712. The summed E-state index contributed by atoms with van der Waals surface area (Å²) < 4.78 is 38.0. The molecular weight excluding hydrogens is 241 g/mol. The maximum atomic E-state index is 12.7.